The lowest BCUT2D eigenvalue weighted by Crippen LogP contribution is -2.41. The maximum Gasteiger partial charge on any atom is 0.287 e. The number of nitrogens with one attached hydrogen (secondary N) is 3. The third kappa shape index (κ3) is 4.94. The van der Waals surface area contributed by atoms with Crippen LogP contribution in [0.15, 0.2) is 54.6 Å². The third-order valence-electron chi connectivity index (χ3n) is 4.08. The summed E-state index contributed by atoms with van der Waals surface area (Å²) in [5, 5.41) is 6.74. The van der Waals surface area contributed by atoms with Crippen LogP contribution in [0.5, 0.6) is 5.75 Å². The lowest BCUT2D eigenvalue weighted by atomic mass is 10.1. The van der Waals surface area contributed by atoms with Crippen LogP contribution in [0.1, 0.15) is 22.5 Å². The van der Waals surface area contributed by atoms with Gasteiger partial charge in [-0.25, -0.2) is 4.39 Å². The van der Waals surface area contributed by atoms with Crippen molar-refractivity contribution in [1.29, 1.82) is 0 Å². The number of hydrazine groups is 1. The molecule has 0 aliphatic heterocycles. The largest absolute Gasteiger partial charge is 0.497 e. The zero-order valence-electron chi connectivity index (χ0n) is 15.2. The predicted octanol–water partition coefficient (Wildman–Crippen LogP) is 2.62. The molecule has 0 saturated heterocycles. The average molecular weight is 382 g/mol. The van der Waals surface area contributed by atoms with E-state index < -0.39 is 5.91 Å². The molecule has 3 aromatic rings. The van der Waals surface area contributed by atoms with Crippen molar-refractivity contribution in [1.82, 2.24) is 21.0 Å². The smallest absolute Gasteiger partial charge is 0.287 e. The number of halogens is 1. The molecule has 0 aliphatic carbocycles. The number of aryl methyl sites for hydroxylation is 1. The summed E-state index contributed by atoms with van der Waals surface area (Å²) in [5.41, 5.74) is 7.15. The fourth-order valence-electron chi connectivity index (χ4n) is 2.51. The highest BCUT2D eigenvalue weighted by atomic mass is 19.1. The Morgan fingerprint density at radius 2 is 1.79 bits per heavy atom. The number of amides is 2. The van der Waals surface area contributed by atoms with Crippen LogP contribution in [0.4, 0.5) is 4.39 Å². The quantitative estimate of drug-likeness (QED) is 0.571. The Bertz CT molecular complexity index is 952. The van der Waals surface area contributed by atoms with Gasteiger partial charge in [0.15, 0.2) is 0 Å². The Morgan fingerprint density at radius 3 is 2.46 bits per heavy atom. The standard InChI is InChI=1S/C20H19FN4O3/c1-28-16-9-5-14(6-10-16)17-12-18(23-22-17)20(27)25-24-19(26)11-4-13-2-7-15(21)8-3-13/h2-3,5-10,12H,4,11H2,1H3,(H,22,23)(H,24,26)(H,25,27). The van der Waals surface area contributed by atoms with Gasteiger partial charge in [-0.3, -0.25) is 25.5 Å². The van der Waals surface area contributed by atoms with Gasteiger partial charge in [0.1, 0.15) is 17.3 Å². The first-order valence-corrected chi connectivity index (χ1v) is 8.58. The van der Waals surface area contributed by atoms with E-state index in [9.17, 15) is 14.0 Å². The SMILES string of the molecule is COc1ccc(-c2cc(C(=O)NNC(=O)CCc3ccc(F)cc3)[nH]n2)cc1. The van der Waals surface area contributed by atoms with Crippen LogP contribution in [0.2, 0.25) is 0 Å². The van der Waals surface area contributed by atoms with Crippen LogP contribution in [0.25, 0.3) is 11.3 Å². The fourth-order valence-corrected chi connectivity index (χ4v) is 2.51. The third-order valence-corrected chi connectivity index (χ3v) is 4.08. The molecular weight excluding hydrogens is 363 g/mol. The van der Waals surface area contributed by atoms with E-state index in [1.807, 2.05) is 12.1 Å². The molecule has 1 heterocycles. The molecule has 28 heavy (non-hydrogen) atoms. The number of H-pyrrole nitrogens is 1. The minimum atomic E-state index is -0.512. The number of benzene rings is 2. The van der Waals surface area contributed by atoms with Crippen molar-refractivity contribution in [2.24, 2.45) is 0 Å². The number of rotatable bonds is 6. The molecule has 3 N–H and O–H groups in total. The number of nitrogens with zero attached hydrogens (tertiary/aromatic N) is 1. The van der Waals surface area contributed by atoms with Crippen molar-refractivity contribution in [2.75, 3.05) is 7.11 Å². The summed E-state index contributed by atoms with van der Waals surface area (Å²) in [6, 6.07) is 14.8. The lowest BCUT2D eigenvalue weighted by molar-refractivity contribution is -0.121. The van der Waals surface area contributed by atoms with E-state index in [0.717, 1.165) is 16.9 Å². The minimum Gasteiger partial charge on any atom is -0.497 e. The molecule has 0 fully saturated rings. The van der Waals surface area contributed by atoms with Crippen molar-refractivity contribution < 1.29 is 18.7 Å². The minimum absolute atomic E-state index is 0.159. The molecule has 0 radical (unpaired) electrons. The molecule has 1 aromatic heterocycles. The van der Waals surface area contributed by atoms with E-state index in [-0.39, 0.29) is 23.8 Å². The molecule has 144 valence electrons. The summed E-state index contributed by atoms with van der Waals surface area (Å²) in [6.45, 7) is 0. The second-order valence-corrected chi connectivity index (χ2v) is 6.02. The Kier molecular flexibility index (Phi) is 6.01. The average Bonchev–Trinajstić information content (AvgIpc) is 3.22. The Morgan fingerprint density at radius 1 is 1.07 bits per heavy atom. The number of aromatic nitrogens is 2. The normalized spacial score (nSPS) is 10.4. The molecule has 0 saturated carbocycles. The first kappa shape index (κ1) is 19.1. The second-order valence-electron chi connectivity index (χ2n) is 6.02. The zero-order valence-corrected chi connectivity index (χ0v) is 15.2. The Balaban J connectivity index is 1.49. The molecule has 0 bridgehead atoms. The van der Waals surface area contributed by atoms with Gasteiger partial charge in [0, 0.05) is 12.0 Å². The molecule has 2 aromatic carbocycles. The van der Waals surface area contributed by atoms with Crippen LogP contribution >= 0.6 is 0 Å². The zero-order chi connectivity index (χ0) is 19.9. The topological polar surface area (TPSA) is 96.1 Å². The van der Waals surface area contributed by atoms with Crippen molar-refractivity contribution in [3.8, 4) is 17.0 Å². The summed E-state index contributed by atoms with van der Waals surface area (Å²) in [5.74, 6) is -0.468. The highest BCUT2D eigenvalue weighted by Crippen LogP contribution is 2.21. The highest BCUT2D eigenvalue weighted by Gasteiger charge is 2.12. The number of carbonyl (C=O) groups is 2. The molecular formula is C20H19FN4O3. The maximum absolute atomic E-state index is 12.9. The van der Waals surface area contributed by atoms with Gasteiger partial charge in [-0.1, -0.05) is 12.1 Å². The number of carbonyl (C=O) groups excluding carboxylic acids is 2. The van der Waals surface area contributed by atoms with Gasteiger partial charge in [-0.15, -0.1) is 0 Å². The number of methoxy groups -OCH3 is 1. The van der Waals surface area contributed by atoms with Crippen LogP contribution in [-0.2, 0) is 11.2 Å². The lowest BCUT2D eigenvalue weighted by Gasteiger charge is -2.06. The monoisotopic (exact) mass is 382 g/mol. The highest BCUT2D eigenvalue weighted by molar-refractivity contribution is 5.94. The van der Waals surface area contributed by atoms with Gasteiger partial charge in [0.2, 0.25) is 5.91 Å². The molecule has 0 unspecified atom stereocenters. The van der Waals surface area contributed by atoms with Crippen LogP contribution < -0.4 is 15.6 Å². The summed E-state index contributed by atoms with van der Waals surface area (Å²) in [7, 11) is 1.58. The van der Waals surface area contributed by atoms with Crippen molar-refractivity contribution in [2.45, 2.75) is 12.8 Å². The van der Waals surface area contributed by atoms with Gasteiger partial charge in [-0.05, 0) is 54.4 Å². The fraction of sp³-hybridized carbons (Fsp3) is 0.150. The number of hydrogen-bond acceptors (Lipinski definition) is 4. The number of ether oxygens (including phenoxy) is 1. The summed E-state index contributed by atoms with van der Waals surface area (Å²) in [6.07, 6.45) is 0.597. The van der Waals surface area contributed by atoms with Crippen LogP contribution in [-0.4, -0.2) is 29.1 Å². The number of aromatic amines is 1. The van der Waals surface area contributed by atoms with E-state index in [1.165, 1.54) is 12.1 Å². The second kappa shape index (κ2) is 8.81. The van der Waals surface area contributed by atoms with E-state index in [4.69, 9.17) is 4.74 Å². The molecule has 3 rings (SSSR count). The van der Waals surface area contributed by atoms with Crippen molar-refractivity contribution in [3.05, 3.63) is 71.7 Å². The summed E-state index contributed by atoms with van der Waals surface area (Å²) < 4.78 is 18.0. The van der Waals surface area contributed by atoms with Gasteiger partial charge < -0.3 is 4.74 Å². The van der Waals surface area contributed by atoms with E-state index in [2.05, 4.69) is 21.0 Å². The maximum atomic E-state index is 12.9. The summed E-state index contributed by atoms with van der Waals surface area (Å²) >= 11 is 0. The van der Waals surface area contributed by atoms with Gasteiger partial charge >= 0.3 is 0 Å². The van der Waals surface area contributed by atoms with E-state index >= 15 is 0 Å². The summed E-state index contributed by atoms with van der Waals surface area (Å²) in [4.78, 5) is 24.0. The van der Waals surface area contributed by atoms with Crippen LogP contribution in [0.3, 0.4) is 0 Å². The predicted molar refractivity (Wildman–Crippen MR) is 101 cm³/mol. The van der Waals surface area contributed by atoms with Gasteiger partial charge in [-0.2, -0.15) is 5.10 Å². The van der Waals surface area contributed by atoms with E-state index in [1.54, 1.807) is 37.4 Å². The first-order chi connectivity index (χ1) is 13.5. The Hall–Kier alpha value is -3.68. The molecule has 0 atom stereocenters. The number of hydrogen-bond donors (Lipinski definition) is 3. The van der Waals surface area contributed by atoms with E-state index in [0.29, 0.717) is 12.1 Å². The molecule has 7 nitrogen and oxygen atoms in total. The molecule has 0 spiro atoms. The molecule has 2 amide bonds. The van der Waals surface area contributed by atoms with Crippen LogP contribution in [0, 0.1) is 5.82 Å². The molecule has 8 heteroatoms. The first-order valence-electron chi connectivity index (χ1n) is 8.58. The van der Waals surface area contributed by atoms with Gasteiger partial charge in [0.05, 0.1) is 12.8 Å². The van der Waals surface area contributed by atoms with Gasteiger partial charge in [0.25, 0.3) is 5.91 Å². The molecule has 0 aliphatic rings. The Labute approximate surface area is 160 Å². The van der Waals surface area contributed by atoms with Crippen molar-refractivity contribution >= 4 is 11.8 Å². The van der Waals surface area contributed by atoms with Crippen molar-refractivity contribution in [3.63, 3.8) is 0 Å².